The molecule has 176 valence electrons. The average molecular weight is 472 g/mol. The number of nitrogens with two attached hydrogens (primary N) is 1. The van der Waals surface area contributed by atoms with Gasteiger partial charge in [0, 0.05) is 40.7 Å². The Morgan fingerprint density at radius 1 is 1.08 bits per heavy atom. The first-order valence-corrected chi connectivity index (χ1v) is 12.3. The number of hydrogen-bond donors (Lipinski definition) is 2. The summed E-state index contributed by atoms with van der Waals surface area (Å²) >= 11 is 0. The summed E-state index contributed by atoms with van der Waals surface area (Å²) in [5.74, 6) is 0.758. The second-order valence-corrected chi connectivity index (χ2v) is 9.52. The largest absolute Gasteiger partial charge is 0.494 e. The maximum absolute atomic E-state index is 13.7. The maximum atomic E-state index is 13.7. The molecule has 0 bridgehead atoms. The number of pyridine rings is 1. The molecule has 5 heteroatoms. The second kappa shape index (κ2) is 7.90. The van der Waals surface area contributed by atoms with Crippen LogP contribution in [0.1, 0.15) is 33.0 Å². The van der Waals surface area contributed by atoms with Crippen LogP contribution in [0.5, 0.6) is 5.75 Å². The SMILES string of the molecule is COc1c2ccccc2cc2c(C(=O)NCCN)c3cc4c5c(c3nc12)C=CC1=CC=CC(=CC4)C15. The van der Waals surface area contributed by atoms with Gasteiger partial charge in [0.25, 0.3) is 5.91 Å². The van der Waals surface area contributed by atoms with Crippen molar-refractivity contribution in [1.82, 2.24) is 10.3 Å². The fourth-order valence-electron chi connectivity index (χ4n) is 6.08. The number of aromatic nitrogens is 1. The summed E-state index contributed by atoms with van der Waals surface area (Å²) in [6, 6.07) is 12.3. The Labute approximate surface area is 208 Å². The van der Waals surface area contributed by atoms with E-state index in [4.69, 9.17) is 15.5 Å². The number of benzene rings is 3. The van der Waals surface area contributed by atoms with Gasteiger partial charge in [0.15, 0.2) is 5.75 Å². The van der Waals surface area contributed by atoms with E-state index in [1.807, 2.05) is 24.3 Å². The molecule has 1 heterocycles. The lowest BCUT2D eigenvalue weighted by Gasteiger charge is -2.33. The second-order valence-electron chi connectivity index (χ2n) is 9.52. The van der Waals surface area contributed by atoms with Gasteiger partial charge in [-0.1, -0.05) is 60.7 Å². The number of fused-ring (bicyclic) bond motifs is 4. The van der Waals surface area contributed by atoms with Gasteiger partial charge >= 0.3 is 0 Å². The van der Waals surface area contributed by atoms with E-state index in [2.05, 4.69) is 53.9 Å². The number of hydrogen-bond acceptors (Lipinski definition) is 4. The van der Waals surface area contributed by atoms with Crippen molar-refractivity contribution in [2.24, 2.45) is 5.73 Å². The van der Waals surface area contributed by atoms with Gasteiger partial charge in [0.05, 0.1) is 18.2 Å². The lowest BCUT2D eigenvalue weighted by Crippen LogP contribution is -2.29. The Kier molecular flexibility index (Phi) is 4.63. The zero-order valence-electron chi connectivity index (χ0n) is 20.0. The fraction of sp³-hybridized carbons (Fsp3) is 0.161. The van der Waals surface area contributed by atoms with Gasteiger partial charge in [-0.15, -0.1) is 0 Å². The molecule has 36 heavy (non-hydrogen) atoms. The molecule has 0 saturated heterocycles. The Morgan fingerprint density at radius 3 is 2.81 bits per heavy atom. The summed E-state index contributed by atoms with van der Waals surface area (Å²) in [7, 11) is 1.67. The number of amides is 1. The van der Waals surface area contributed by atoms with Crippen LogP contribution in [0.25, 0.3) is 38.7 Å². The van der Waals surface area contributed by atoms with Crippen molar-refractivity contribution in [3.05, 3.63) is 100 Å². The van der Waals surface area contributed by atoms with Crippen LogP contribution in [0.4, 0.5) is 0 Å². The standard InChI is InChI=1S/C31H25N3O2/c1-36-30-21-8-3-2-5-19(21)15-24-27(31(35)33-14-13-32)23-16-20-10-9-17-6-4-7-18-11-12-22(26(20)25(17)18)28(23)34-29(24)30/h2-9,11-12,15-16,25H,10,13-14,32H2,1H3,(H,33,35). The lowest BCUT2D eigenvalue weighted by atomic mass is 9.70. The van der Waals surface area contributed by atoms with Gasteiger partial charge < -0.3 is 15.8 Å². The molecule has 3 N–H and O–H groups in total. The first-order chi connectivity index (χ1) is 17.7. The third-order valence-electron chi connectivity index (χ3n) is 7.60. The molecule has 3 aliphatic rings. The molecule has 0 fully saturated rings. The van der Waals surface area contributed by atoms with Gasteiger partial charge in [-0.25, -0.2) is 4.98 Å². The predicted octanol–water partition coefficient (Wildman–Crippen LogP) is 5.33. The highest BCUT2D eigenvalue weighted by atomic mass is 16.5. The Bertz CT molecular complexity index is 1760. The summed E-state index contributed by atoms with van der Waals surface area (Å²) < 4.78 is 5.93. The monoisotopic (exact) mass is 471 g/mol. The first-order valence-electron chi connectivity index (χ1n) is 12.3. The molecule has 0 aliphatic heterocycles. The third kappa shape index (κ3) is 2.87. The minimum absolute atomic E-state index is 0.143. The Balaban J connectivity index is 1.64. The number of ether oxygens (including phenoxy) is 1. The molecule has 4 aromatic rings. The van der Waals surface area contributed by atoms with Crippen LogP contribution in [-0.4, -0.2) is 31.1 Å². The zero-order chi connectivity index (χ0) is 24.4. The predicted molar refractivity (Wildman–Crippen MR) is 145 cm³/mol. The van der Waals surface area contributed by atoms with Crippen LogP contribution in [0.2, 0.25) is 0 Å². The summed E-state index contributed by atoms with van der Waals surface area (Å²) in [6.45, 7) is 0.779. The quantitative estimate of drug-likeness (QED) is 0.395. The van der Waals surface area contributed by atoms with Crippen LogP contribution >= 0.6 is 0 Å². The van der Waals surface area contributed by atoms with Crippen LogP contribution in [-0.2, 0) is 6.42 Å². The van der Waals surface area contributed by atoms with Gasteiger partial charge in [0.2, 0.25) is 0 Å². The smallest absolute Gasteiger partial charge is 0.252 e. The molecule has 0 saturated carbocycles. The first kappa shape index (κ1) is 21.1. The summed E-state index contributed by atoms with van der Waals surface area (Å²) in [4.78, 5) is 18.9. The van der Waals surface area contributed by atoms with E-state index in [1.165, 1.54) is 22.3 Å². The van der Waals surface area contributed by atoms with E-state index in [9.17, 15) is 4.79 Å². The van der Waals surface area contributed by atoms with Crippen LogP contribution in [0.3, 0.4) is 0 Å². The normalized spacial score (nSPS) is 17.2. The molecule has 0 spiro atoms. The van der Waals surface area contributed by atoms with Gasteiger partial charge in [0.1, 0.15) is 5.52 Å². The number of rotatable bonds is 4. The highest BCUT2D eigenvalue weighted by Gasteiger charge is 2.33. The molecule has 0 radical (unpaired) electrons. The number of methoxy groups -OCH3 is 1. The van der Waals surface area contributed by atoms with Crippen molar-refractivity contribution in [2.75, 3.05) is 20.2 Å². The molecular formula is C31H25N3O2. The van der Waals surface area contributed by atoms with E-state index in [0.717, 1.165) is 39.0 Å². The third-order valence-corrected chi connectivity index (χ3v) is 7.60. The molecule has 1 atom stereocenters. The number of carbonyl (C=O) groups excluding carboxylic acids is 1. The Morgan fingerprint density at radius 2 is 1.94 bits per heavy atom. The molecule has 5 nitrogen and oxygen atoms in total. The number of nitrogens with one attached hydrogen (secondary N) is 1. The molecular weight excluding hydrogens is 446 g/mol. The van der Waals surface area contributed by atoms with E-state index in [-0.39, 0.29) is 11.8 Å². The number of carbonyl (C=O) groups is 1. The lowest BCUT2D eigenvalue weighted by molar-refractivity contribution is 0.0958. The maximum Gasteiger partial charge on any atom is 0.252 e. The Hall–Kier alpha value is -4.22. The number of nitrogens with zero attached hydrogens (tertiary/aromatic N) is 1. The van der Waals surface area contributed by atoms with Crippen molar-refractivity contribution in [3.8, 4) is 5.75 Å². The number of allylic oxidation sites excluding steroid dienone is 7. The molecule has 1 amide bonds. The van der Waals surface area contributed by atoms with E-state index < -0.39 is 0 Å². The minimum atomic E-state index is -0.143. The zero-order valence-corrected chi connectivity index (χ0v) is 20.0. The van der Waals surface area contributed by atoms with E-state index >= 15 is 0 Å². The topological polar surface area (TPSA) is 77.2 Å². The highest BCUT2D eigenvalue weighted by Crippen LogP contribution is 2.49. The van der Waals surface area contributed by atoms with E-state index in [0.29, 0.717) is 29.9 Å². The molecule has 1 unspecified atom stereocenters. The molecule has 7 rings (SSSR count). The van der Waals surface area contributed by atoms with Gasteiger partial charge in [-0.05, 0) is 46.2 Å². The van der Waals surface area contributed by atoms with Gasteiger partial charge in [-0.2, -0.15) is 0 Å². The van der Waals surface area contributed by atoms with E-state index in [1.54, 1.807) is 7.11 Å². The van der Waals surface area contributed by atoms with Gasteiger partial charge in [-0.3, -0.25) is 4.79 Å². The van der Waals surface area contributed by atoms with Crippen molar-refractivity contribution >= 4 is 44.6 Å². The van der Waals surface area contributed by atoms with Crippen LogP contribution < -0.4 is 15.8 Å². The van der Waals surface area contributed by atoms with Crippen LogP contribution in [0.15, 0.2) is 77.9 Å². The van der Waals surface area contributed by atoms with Crippen molar-refractivity contribution in [1.29, 1.82) is 0 Å². The highest BCUT2D eigenvalue weighted by molar-refractivity contribution is 6.21. The van der Waals surface area contributed by atoms with Crippen LogP contribution in [0, 0.1) is 0 Å². The summed E-state index contributed by atoms with van der Waals surface area (Å²) in [6.07, 6.45) is 14.0. The fourth-order valence-corrected chi connectivity index (χ4v) is 6.08. The summed E-state index contributed by atoms with van der Waals surface area (Å²) in [5, 5.41) is 6.64. The van der Waals surface area contributed by atoms with Crippen molar-refractivity contribution < 1.29 is 9.53 Å². The van der Waals surface area contributed by atoms with Crippen molar-refractivity contribution in [2.45, 2.75) is 12.3 Å². The molecule has 1 aromatic heterocycles. The van der Waals surface area contributed by atoms with Crippen molar-refractivity contribution in [3.63, 3.8) is 0 Å². The minimum Gasteiger partial charge on any atom is -0.494 e. The molecule has 3 aliphatic carbocycles. The molecule has 3 aromatic carbocycles. The summed E-state index contributed by atoms with van der Waals surface area (Å²) in [5.41, 5.74) is 14.2. The average Bonchev–Trinajstić information content (AvgIpc) is 2.92.